The Kier molecular flexibility index (Phi) is 5.83. The summed E-state index contributed by atoms with van der Waals surface area (Å²) in [7, 11) is 0. The Morgan fingerprint density at radius 2 is 1.73 bits per heavy atom. The molecule has 1 unspecified atom stereocenters. The van der Waals surface area contributed by atoms with Crippen molar-refractivity contribution in [3.8, 4) is 0 Å². The van der Waals surface area contributed by atoms with Gasteiger partial charge in [-0.3, -0.25) is 4.79 Å². The molecule has 0 radical (unpaired) electrons. The summed E-state index contributed by atoms with van der Waals surface area (Å²) in [5.74, 6) is 0.0147. The molecule has 0 aliphatic carbocycles. The molecule has 15 heavy (non-hydrogen) atoms. The van der Waals surface area contributed by atoms with Crippen LogP contribution in [0.2, 0.25) is 0 Å². The molecule has 0 aliphatic rings. The van der Waals surface area contributed by atoms with E-state index in [0.29, 0.717) is 6.42 Å². The first-order valence-corrected chi connectivity index (χ1v) is 5.46. The van der Waals surface area contributed by atoms with Crippen LogP contribution in [0.5, 0.6) is 0 Å². The van der Waals surface area contributed by atoms with Gasteiger partial charge in [-0.05, 0) is 12.3 Å². The fourth-order valence-electron chi connectivity index (χ4n) is 1.12. The molecule has 0 fully saturated rings. The number of carbonyl (C=O) groups is 1. The largest absolute Gasteiger partial charge is 0.394 e. The van der Waals surface area contributed by atoms with Crippen molar-refractivity contribution in [2.45, 2.75) is 39.7 Å². The van der Waals surface area contributed by atoms with E-state index < -0.39 is 5.54 Å². The van der Waals surface area contributed by atoms with Crippen molar-refractivity contribution in [2.75, 3.05) is 13.2 Å². The molecule has 0 bridgehead atoms. The van der Waals surface area contributed by atoms with Crippen LogP contribution < -0.4 is 5.32 Å². The number of aliphatic hydroxyl groups is 2. The predicted molar refractivity (Wildman–Crippen MR) is 59.3 cm³/mol. The van der Waals surface area contributed by atoms with Gasteiger partial charge in [-0.2, -0.15) is 0 Å². The summed E-state index contributed by atoms with van der Waals surface area (Å²) in [6.07, 6.45) is 0.510. The molecule has 90 valence electrons. The van der Waals surface area contributed by atoms with Gasteiger partial charge in [0.2, 0.25) is 5.91 Å². The standard InChI is InChI=1S/C11H23NO3/c1-5-11(6-13,7-14)12-10(15)9(4)8(2)3/h8-9,13-14H,5-7H2,1-4H3,(H,12,15). The summed E-state index contributed by atoms with van der Waals surface area (Å²) >= 11 is 0. The summed E-state index contributed by atoms with van der Waals surface area (Å²) in [6, 6.07) is 0. The summed E-state index contributed by atoms with van der Waals surface area (Å²) in [5, 5.41) is 21.1. The molecule has 0 aromatic carbocycles. The predicted octanol–water partition coefficient (Wildman–Crippen LogP) is 0.528. The van der Waals surface area contributed by atoms with Gasteiger partial charge in [0.05, 0.1) is 18.8 Å². The van der Waals surface area contributed by atoms with Crippen molar-refractivity contribution in [3.05, 3.63) is 0 Å². The average Bonchev–Trinajstić information content (AvgIpc) is 2.24. The number of aliphatic hydroxyl groups excluding tert-OH is 2. The summed E-state index contributed by atoms with van der Waals surface area (Å²) in [5.41, 5.74) is -0.875. The third-order valence-corrected chi connectivity index (χ3v) is 3.08. The molecule has 0 heterocycles. The van der Waals surface area contributed by atoms with Crippen molar-refractivity contribution in [1.82, 2.24) is 5.32 Å². The molecule has 1 amide bonds. The first kappa shape index (κ1) is 14.4. The number of amides is 1. The maximum atomic E-state index is 11.7. The third kappa shape index (κ3) is 3.80. The van der Waals surface area contributed by atoms with E-state index >= 15 is 0 Å². The van der Waals surface area contributed by atoms with Crippen LogP contribution in [0.1, 0.15) is 34.1 Å². The van der Waals surface area contributed by atoms with Gasteiger partial charge in [-0.1, -0.05) is 27.7 Å². The van der Waals surface area contributed by atoms with Crippen molar-refractivity contribution < 1.29 is 15.0 Å². The molecule has 0 aliphatic heterocycles. The lowest BCUT2D eigenvalue weighted by Gasteiger charge is -2.31. The lowest BCUT2D eigenvalue weighted by Crippen LogP contribution is -2.55. The van der Waals surface area contributed by atoms with Crippen LogP contribution in [0.3, 0.4) is 0 Å². The molecule has 0 aromatic rings. The van der Waals surface area contributed by atoms with E-state index in [1.54, 1.807) is 0 Å². The van der Waals surface area contributed by atoms with E-state index in [9.17, 15) is 15.0 Å². The number of nitrogens with one attached hydrogen (secondary N) is 1. The minimum absolute atomic E-state index is 0.116. The Morgan fingerprint density at radius 3 is 2.00 bits per heavy atom. The van der Waals surface area contributed by atoms with Crippen LogP contribution in [0.25, 0.3) is 0 Å². The summed E-state index contributed by atoms with van der Waals surface area (Å²) in [6.45, 7) is 7.13. The quantitative estimate of drug-likeness (QED) is 0.608. The van der Waals surface area contributed by atoms with E-state index in [-0.39, 0.29) is 31.0 Å². The van der Waals surface area contributed by atoms with Gasteiger partial charge >= 0.3 is 0 Å². The lowest BCUT2D eigenvalue weighted by molar-refractivity contribution is -0.129. The number of hydrogen-bond donors (Lipinski definition) is 3. The molecule has 1 atom stereocenters. The topological polar surface area (TPSA) is 69.6 Å². The Labute approximate surface area is 91.7 Å². The minimum Gasteiger partial charge on any atom is -0.394 e. The highest BCUT2D eigenvalue weighted by Gasteiger charge is 2.30. The molecule has 0 saturated carbocycles. The van der Waals surface area contributed by atoms with Crippen molar-refractivity contribution in [2.24, 2.45) is 11.8 Å². The highest BCUT2D eigenvalue weighted by atomic mass is 16.3. The van der Waals surface area contributed by atoms with E-state index in [2.05, 4.69) is 5.32 Å². The van der Waals surface area contributed by atoms with Crippen LogP contribution in [-0.4, -0.2) is 34.9 Å². The van der Waals surface area contributed by atoms with Gasteiger partial charge in [-0.15, -0.1) is 0 Å². The Hall–Kier alpha value is -0.610. The Balaban J connectivity index is 4.48. The summed E-state index contributed by atoms with van der Waals surface area (Å²) in [4.78, 5) is 11.7. The number of rotatable bonds is 6. The van der Waals surface area contributed by atoms with E-state index in [1.807, 2.05) is 27.7 Å². The van der Waals surface area contributed by atoms with Gasteiger partial charge in [0, 0.05) is 5.92 Å². The van der Waals surface area contributed by atoms with E-state index in [4.69, 9.17) is 0 Å². The smallest absolute Gasteiger partial charge is 0.223 e. The maximum Gasteiger partial charge on any atom is 0.223 e. The van der Waals surface area contributed by atoms with Crippen molar-refractivity contribution in [3.63, 3.8) is 0 Å². The molecule has 4 nitrogen and oxygen atoms in total. The minimum atomic E-state index is -0.875. The van der Waals surface area contributed by atoms with Crippen molar-refractivity contribution >= 4 is 5.91 Å². The SMILES string of the molecule is CCC(CO)(CO)NC(=O)C(C)C(C)C. The molecule has 0 saturated heterocycles. The van der Waals surface area contributed by atoms with Gasteiger partial charge in [0.15, 0.2) is 0 Å². The summed E-state index contributed by atoms with van der Waals surface area (Å²) < 4.78 is 0. The highest BCUT2D eigenvalue weighted by molar-refractivity contribution is 5.79. The molecule has 0 rings (SSSR count). The van der Waals surface area contributed by atoms with Gasteiger partial charge in [-0.25, -0.2) is 0 Å². The van der Waals surface area contributed by atoms with E-state index in [0.717, 1.165) is 0 Å². The fourth-order valence-corrected chi connectivity index (χ4v) is 1.12. The molecular formula is C11H23NO3. The zero-order valence-electron chi connectivity index (χ0n) is 10.1. The van der Waals surface area contributed by atoms with E-state index in [1.165, 1.54) is 0 Å². The third-order valence-electron chi connectivity index (χ3n) is 3.08. The second kappa shape index (κ2) is 6.08. The molecule has 3 N–H and O–H groups in total. The van der Waals surface area contributed by atoms with Crippen LogP contribution in [-0.2, 0) is 4.79 Å². The zero-order valence-corrected chi connectivity index (χ0v) is 10.1. The molecule has 4 heteroatoms. The van der Waals surface area contributed by atoms with Crippen molar-refractivity contribution in [1.29, 1.82) is 0 Å². The van der Waals surface area contributed by atoms with Gasteiger partial charge < -0.3 is 15.5 Å². The Bertz CT molecular complexity index is 192. The molecule has 0 spiro atoms. The monoisotopic (exact) mass is 217 g/mol. The Morgan fingerprint density at radius 1 is 1.27 bits per heavy atom. The first-order valence-electron chi connectivity index (χ1n) is 5.46. The van der Waals surface area contributed by atoms with Crippen LogP contribution in [0.4, 0.5) is 0 Å². The highest BCUT2D eigenvalue weighted by Crippen LogP contribution is 2.14. The number of hydrogen-bond acceptors (Lipinski definition) is 3. The lowest BCUT2D eigenvalue weighted by atomic mass is 9.93. The first-order chi connectivity index (χ1) is 6.92. The van der Waals surface area contributed by atoms with Crippen LogP contribution in [0, 0.1) is 11.8 Å². The van der Waals surface area contributed by atoms with Gasteiger partial charge in [0.25, 0.3) is 0 Å². The van der Waals surface area contributed by atoms with Crippen LogP contribution >= 0.6 is 0 Å². The van der Waals surface area contributed by atoms with Gasteiger partial charge in [0.1, 0.15) is 0 Å². The molecule has 0 aromatic heterocycles. The normalized spacial score (nSPS) is 14.1. The fraction of sp³-hybridized carbons (Fsp3) is 0.909. The second-order valence-electron chi connectivity index (χ2n) is 4.47. The molecular weight excluding hydrogens is 194 g/mol. The number of carbonyl (C=O) groups excluding carboxylic acids is 1. The maximum absolute atomic E-state index is 11.7. The average molecular weight is 217 g/mol. The van der Waals surface area contributed by atoms with Crippen LogP contribution in [0.15, 0.2) is 0 Å². The zero-order chi connectivity index (χ0) is 12.1. The second-order valence-corrected chi connectivity index (χ2v) is 4.47.